The summed E-state index contributed by atoms with van der Waals surface area (Å²) < 4.78 is 1.89. The van der Waals surface area contributed by atoms with Crippen molar-refractivity contribution in [3.8, 4) is 0 Å². The monoisotopic (exact) mass is 300 g/mol. The molecule has 0 aliphatic heterocycles. The van der Waals surface area contributed by atoms with Gasteiger partial charge in [-0.3, -0.25) is 9.59 Å². The van der Waals surface area contributed by atoms with Gasteiger partial charge in [-0.25, -0.2) is 4.98 Å². The molecule has 0 saturated heterocycles. The predicted molar refractivity (Wildman–Crippen MR) is 83.5 cm³/mol. The molecule has 0 spiro atoms. The van der Waals surface area contributed by atoms with E-state index in [0.29, 0.717) is 19.4 Å². The first kappa shape index (κ1) is 14.6. The van der Waals surface area contributed by atoms with Crippen LogP contribution in [-0.2, 0) is 9.59 Å². The summed E-state index contributed by atoms with van der Waals surface area (Å²) >= 11 is 0. The zero-order valence-electron chi connectivity index (χ0n) is 12.6. The molecule has 1 aliphatic carbocycles. The molecule has 2 aromatic rings. The molecule has 116 valence electrons. The molecule has 0 aromatic carbocycles. The fraction of sp³-hybridized carbons (Fsp3) is 0.438. The molecular formula is C16H20N4O2. The summed E-state index contributed by atoms with van der Waals surface area (Å²) in [6, 6.07) is 3.72. The van der Waals surface area contributed by atoms with E-state index in [4.69, 9.17) is 0 Å². The number of pyridine rings is 1. The predicted octanol–water partition coefficient (Wildman–Crippen LogP) is 1.89. The number of fused-ring (bicyclic) bond motifs is 1. The van der Waals surface area contributed by atoms with Crippen LogP contribution in [-0.4, -0.2) is 27.7 Å². The summed E-state index contributed by atoms with van der Waals surface area (Å²) in [6.07, 6.45) is 6.81. The second-order valence-corrected chi connectivity index (χ2v) is 5.78. The second kappa shape index (κ2) is 6.17. The van der Waals surface area contributed by atoms with E-state index in [1.165, 1.54) is 0 Å². The van der Waals surface area contributed by atoms with Crippen molar-refractivity contribution in [2.45, 2.75) is 32.6 Å². The fourth-order valence-electron chi connectivity index (χ4n) is 2.37. The maximum Gasteiger partial charge on any atom is 0.224 e. The minimum absolute atomic E-state index is 0.0446. The number of aromatic nitrogens is 2. The molecule has 1 fully saturated rings. The molecule has 1 aliphatic rings. The van der Waals surface area contributed by atoms with E-state index in [1.54, 1.807) is 0 Å². The topological polar surface area (TPSA) is 75.5 Å². The van der Waals surface area contributed by atoms with Crippen LogP contribution in [0.2, 0.25) is 0 Å². The number of anilines is 1. The van der Waals surface area contributed by atoms with E-state index in [1.807, 2.05) is 35.9 Å². The summed E-state index contributed by atoms with van der Waals surface area (Å²) in [6.45, 7) is 2.49. The molecule has 6 nitrogen and oxygen atoms in total. The number of amides is 2. The lowest BCUT2D eigenvalue weighted by molar-refractivity contribution is -0.122. The molecule has 2 N–H and O–H groups in total. The van der Waals surface area contributed by atoms with E-state index < -0.39 is 0 Å². The molecule has 0 radical (unpaired) electrons. The summed E-state index contributed by atoms with van der Waals surface area (Å²) in [4.78, 5) is 27.7. The third-order valence-corrected chi connectivity index (χ3v) is 3.68. The Hall–Kier alpha value is -2.37. The minimum Gasteiger partial charge on any atom is -0.356 e. The quantitative estimate of drug-likeness (QED) is 0.800. The number of imidazole rings is 1. The Labute approximate surface area is 128 Å². The summed E-state index contributed by atoms with van der Waals surface area (Å²) in [5.74, 6) is 0.303. The summed E-state index contributed by atoms with van der Waals surface area (Å²) in [7, 11) is 0. The van der Waals surface area contributed by atoms with E-state index >= 15 is 0 Å². The van der Waals surface area contributed by atoms with Crippen molar-refractivity contribution in [1.29, 1.82) is 0 Å². The normalized spacial score (nSPS) is 14.0. The first-order chi connectivity index (χ1) is 10.6. The molecule has 22 heavy (non-hydrogen) atoms. The Morgan fingerprint density at radius 1 is 1.32 bits per heavy atom. The van der Waals surface area contributed by atoms with Gasteiger partial charge in [0, 0.05) is 31.3 Å². The van der Waals surface area contributed by atoms with Crippen LogP contribution < -0.4 is 10.6 Å². The summed E-state index contributed by atoms with van der Waals surface area (Å²) in [5.41, 5.74) is 2.55. The van der Waals surface area contributed by atoms with Crippen LogP contribution in [0.4, 0.5) is 5.69 Å². The largest absolute Gasteiger partial charge is 0.356 e. The van der Waals surface area contributed by atoms with Gasteiger partial charge in [-0.2, -0.15) is 0 Å². The molecule has 2 heterocycles. The van der Waals surface area contributed by atoms with Crippen LogP contribution in [0.25, 0.3) is 5.65 Å². The van der Waals surface area contributed by atoms with Crippen molar-refractivity contribution < 1.29 is 9.59 Å². The van der Waals surface area contributed by atoms with E-state index in [0.717, 1.165) is 29.9 Å². The van der Waals surface area contributed by atoms with Crippen LogP contribution in [0, 0.1) is 12.8 Å². The highest BCUT2D eigenvalue weighted by molar-refractivity contribution is 5.90. The Kier molecular flexibility index (Phi) is 4.09. The van der Waals surface area contributed by atoms with Crippen LogP contribution in [0.1, 0.15) is 31.4 Å². The number of carbonyl (C=O) groups excluding carboxylic acids is 2. The van der Waals surface area contributed by atoms with Crippen molar-refractivity contribution in [2.24, 2.45) is 5.92 Å². The van der Waals surface area contributed by atoms with Crippen molar-refractivity contribution in [1.82, 2.24) is 14.7 Å². The first-order valence-corrected chi connectivity index (χ1v) is 7.65. The maximum absolute atomic E-state index is 11.9. The molecule has 2 amide bonds. The van der Waals surface area contributed by atoms with Gasteiger partial charge in [0.25, 0.3) is 0 Å². The molecule has 2 aromatic heterocycles. The van der Waals surface area contributed by atoms with Crippen molar-refractivity contribution in [2.75, 3.05) is 11.9 Å². The maximum atomic E-state index is 11.9. The third kappa shape index (κ3) is 3.63. The number of aryl methyl sites for hydroxylation is 1. The highest BCUT2D eigenvalue weighted by atomic mass is 16.2. The van der Waals surface area contributed by atoms with Gasteiger partial charge in [0.1, 0.15) is 5.65 Å². The molecule has 3 rings (SSSR count). The number of nitrogens with one attached hydrogen (secondary N) is 2. The number of carbonyl (C=O) groups is 2. The Balaban J connectivity index is 1.44. The van der Waals surface area contributed by atoms with Crippen LogP contribution in [0.15, 0.2) is 24.5 Å². The molecular weight excluding hydrogens is 280 g/mol. The second-order valence-electron chi connectivity index (χ2n) is 5.78. The molecule has 6 heteroatoms. The highest BCUT2D eigenvalue weighted by Crippen LogP contribution is 2.28. The highest BCUT2D eigenvalue weighted by Gasteiger charge is 2.28. The third-order valence-electron chi connectivity index (χ3n) is 3.68. The average Bonchev–Trinajstić information content (AvgIpc) is 3.25. The molecule has 1 saturated carbocycles. The first-order valence-electron chi connectivity index (χ1n) is 7.65. The van der Waals surface area contributed by atoms with Gasteiger partial charge >= 0.3 is 0 Å². The standard InChI is InChI=1S/C16H20N4O2/c1-11-9-20-10-13(6-7-14(20)18-11)19-15(21)3-2-8-17-16(22)12-4-5-12/h6-7,9-10,12H,2-5,8H2,1H3,(H,17,22)(H,19,21). The smallest absolute Gasteiger partial charge is 0.224 e. The van der Waals surface area contributed by atoms with Gasteiger partial charge in [0.2, 0.25) is 11.8 Å². The number of hydrogen-bond acceptors (Lipinski definition) is 3. The van der Waals surface area contributed by atoms with E-state index in [9.17, 15) is 9.59 Å². The van der Waals surface area contributed by atoms with Gasteiger partial charge in [-0.15, -0.1) is 0 Å². The summed E-state index contributed by atoms with van der Waals surface area (Å²) in [5, 5.41) is 5.73. The molecule has 0 unspecified atom stereocenters. The average molecular weight is 300 g/mol. The molecule has 0 atom stereocenters. The van der Waals surface area contributed by atoms with Gasteiger partial charge in [-0.1, -0.05) is 0 Å². The van der Waals surface area contributed by atoms with E-state index in [2.05, 4.69) is 15.6 Å². The van der Waals surface area contributed by atoms with Gasteiger partial charge in [0.05, 0.1) is 11.4 Å². The van der Waals surface area contributed by atoms with Crippen LogP contribution in [0.5, 0.6) is 0 Å². The zero-order valence-corrected chi connectivity index (χ0v) is 12.6. The zero-order chi connectivity index (χ0) is 15.5. The Morgan fingerprint density at radius 2 is 2.14 bits per heavy atom. The van der Waals surface area contributed by atoms with Crippen molar-refractivity contribution in [3.05, 3.63) is 30.2 Å². The molecule has 0 bridgehead atoms. The lowest BCUT2D eigenvalue weighted by Gasteiger charge is -2.06. The number of hydrogen-bond donors (Lipinski definition) is 2. The Morgan fingerprint density at radius 3 is 2.91 bits per heavy atom. The van der Waals surface area contributed by atoms with Gasteiger partial charge in [0.15, 0.2) is 0 Å². The van der Waals surface area contributed by atoms with Crippen LogP contribution >= 0.6 is 0 Å². The van der Waals surface area contributed by atoms with Crippen molar-refractivity contribution >= 4 is 23.1 Å². The number of nitrogens with zero attached hydrogens (tertiary/aromatic N) is 2. The van der Waals surface area contributed by atoms with Crippen molar-refractivity contribution in [3.63, 3.8) is 0 Å². The van der Waals surface area contributed by atoms with Crippen LogP contribution in [0.3, 0.4) is 0 Å². The number of rotatable bonds is 6. The fourth-order valence-corrected chi connectivity index (χ4v) is 2.37. The van der Waals surface area contributed by atoms with E-state index in [-0.39, 0.29) is 17.7 Å². The van der Waals surface area contributed by atoms with Gasteiger partial charge in [-0.05, 0) is 38.3 Å². The lowest BCUT2D eigenvalue weighted by Crippen LogP contribution is -2.26. The minimum atomic E-state index is -0.0446. The van der Waals surface area contributed by atoms with Gasteiger partial charge < -0.3 is 15.0 Å². The SMILES string of the molecule is Cc1cn2cc(NC(=O)CCCNC(=O)C3CC3)ccc2n1. The Bertz CT molecular complexity index is 703. The lowest BCUT2D eigenvalue weighted by atomic mass is 10.2.